The van der Waals surface area contributed by atoms with Crippen molar-refractivity contribution in [2.24, 2.45) is 0 Å². The van der Waals surface area contributed by atoms with Crippen molar-refractivity contribution in [2.75, 3.05) is 6.54 Å². The lowest BCUT2D eigenvalue weighted by Crippen LogP contribution is -2.32. The van der Waals surface area contributed by atoms with Gasteiger partial charge in [-0.2, -0.15) is 0 Å². The van der Waals surface area contributed by atoms with Crippen LogP contribution in [0.3, 0.4) is 0 Å². The van der Waals surface area contributed by atoms with Crippen LogP contribution in [0.5, 0.6) is 0 Å². The Morgan fingerprint density at radius 3 is 2.50 bits per heavy atom. The average Bonchev–Trinajstić information content (AvgIpc) is 3.09. The second-order valence-electron chi connectivity index (χ2n) is 5.95. The van der Waals surface area contributed by atoms with Gasteiger partial charge in [0.1, 0.15) is 5.76 Å². The number of nitrogens with zero attached hydrogens (tertiary/aromatic N) is 2. The highest BCUT2D eigenvalue weighted by molar-refractivity contribution is 5.15. The first-order valence-corrected chi connectivity index (χ1v) is 8.15. The van der Waals surface area contributed by atoms with Crippen molar-refractivity contribution in [3.8, 4) is 0 Å². The van der Waals surface area contributed by atoms with Crippen LogP contribution in [0.15, 0.2) is 77.7 Å². The van der Waals surface area contributed by atoms with Crippen LogP contribution in [0, 0.1) is 0 Å². The van der Waals surface area contributed by atoms with Crippen molar-refractivity contribution < 1.29 is 9.52 Å². The van der Waals surface area contributed by atoms with E-state index in [0.717, 1.165) is 23.4 Å². The maximum absolute atomic E-state index is 10.5. The van der Waals surface area contributed by atoms with Crippen LogP contribution in [0.2, 0.25) is 0 Å². The van der Waals surface area contributed by atoms with Gasteiger partial charge in [0, 0.05) is 25.5 Å². The molecule has 1 aromatic carbocycles. The predicted octanol–water partition coefficient (Wildman–Crippen LogP) is 3.28. The van der Waals surface area contributed by atoms with E-state index in [0.29, 0.717) is 19.5 Å². The Balaban J connectivity index is 1.64. The zero-order valence-electron chi connectivity index (χ0n) is 13.6. The van der Waals surface area contributed by atoms with Crippen molar-refractivity contribution in [3.05, 3.63) is 90.1 Å². The zero-order chi connectivity index (χ0) is 16.6. The molecule has 1 unspecified atom stereocenters. The summed E-state index contributed by atoms with van der Waals surface area (Å²) in [5, 5.41) is 10.5. The Bertz CT molecular complexity index is 699. The van der Waals surface area contributed by atoms with Crippen molar-refractivity contribution in [1.29, 1.82) is 0 Å². The molecule has 4 heteroatoms. The van der Waals surface area contributed by atoms with Crippen LogP contribution in [0.4, 0.5) is 0 Å². The number of rotatable bonds is 8. The van der Waals surface area contributed by atoms with Gasteiger partial charge in [0.05, 0.1) is 18.9 Å². The summed E-state index contributed by atoms with van der Waals surface area (Å²) in [6, 6.07) is 17.9. The number of hydrogen-bond acceptors (Lipinski definition) is 4. The molecule has 24 heavy (non-hydrogen) atoms. The maximum atomic E-state index is 10.5. The molecule has 0 fully saturated rings. The molecular formula is C20H22N2O2. The SMILES string of the molecule is OC(Cc1ccccc1)CN(Cc1cccnc1)Cc1ccco1. The van der Waals surface area contributed by atoms with Crippen molar-refractivity contribution in [1.82, 2.24) is 9.88 Å². The second kappa shape index (κ2) is 8.43. The van der Waals surface area contributed by atoms with Gasteiger partial charge in [-0.15, -0.1) is 0 Å². The van der Waals surface area contributed by atoms with Gasteiger partial charge < -0.3 is 9.52 Å². The van der Waals surface area contributed by atoms with E-state index < -0.39 is 6.10 Å². The van der Waals surface area contributed by atoms with Gasteiger partial charge in [-0.1, -0.05) is 36.4 Å². The van der Waals surface area contributed by atoms with E-state index in [9.17, 15) is 5.11 Å². The molecule has 3 aromatic rings. The monoisotopic (exact) mass is 322 g/mol. The van der Waals surface area contributed by atoms with E-state index in [4.69, 9.17) is 4.42 Å². The Kier molecular flexibility index (Phi) is 5.77. The normalized spacial score (nSPS) is 12.4. The summed E-state index contributed by atoms with van der Waals surface area (Å²) in [6.07, 6.45) is 5.52. The van der Waals surface area contributed by atoms with Gasteiger partial charge in [-0.3, -0.25) is 9.88 Å². The lowest BCUT2D eigenvalue weighted by Gasteiger charge is -2.24. The average molecular weight is 322 g/mol. The van der Waals surface area contributed by atoms with Crippen molar-refractivity contribution in [2.45, 2.75) is 25.6 Å². The van der Waals surface area contributed by atoms with Gasteiger partial charge >= 0.3 is 0 Å². The van der Waals surface area contributed by atoms with Gasteiger partial charge in [-0.05, 0) is 35.7 Å². The summed E-state index contributed by atoms with van der Waals surface area (Å²) < 4.78 is 5.46. The molecule has 0 saturated heterocycles. The molecule has 0 radical (unpaired) electrons. The summed E-state index contributed by atoms with van der Waals surface area (Å²) >= 11 is 0. The van der Waals surface area contributed by atoms with E-state index >= 15 is 0 Å². The first kappa shape index (κ1) is 16.4. The number of aromatic nitrogens is 1. The number of furan rings is 1. The smallest absolute Gasteiger partial charge is 0.117 e. The van der Waals surface area contributed by atoms with Crippen LogP contribution >= 0.6 is 0 Å². The van der Waals surface area contributed by atoms with Crippen molar-refractivity contribution in [3.63, 3.8) is 0 Å². The van der Waals surface area contributed by atoms with Gasteiger partial charge in [0.25, 0.3) is 0 Å². The third kappa shape index (κ3) is 5.05. The molecule has 0 amide bonds. The Morgan fingerprint density at radius 2 is 1.79 bits per heavy atom. The third-order valence-corrected chi connectivity index (χ3v) is 3.87. The van der Waals surface area contributed by atoms with E-state index in [1.807, 2.05) is 60.8 Å². The topological polar surface area (TPSA) is 49.5 Å². The first-order chi connectivity index (χ1) is 11.8. The largest absolute Gasteiger partial charge is 0.468 e. The number of aliphatic hydroxyl groups is 1. The molecule has 124 valence electrons. The minimum atomic E-state index is -0.431. The molecule has 3 rings (SSSR count). The zero-order valence-corrected chi connectivity index (χ0v) is 13.6. The summed E-state index contributed by atoms with van der Waals surface area (Å²) in [5.74, 6) is 0.894. The van der Waals surface area contributed by atoms with Crippen LogP contribution in [-0.4, -0.2) is 27.6 Å². The fourth-order valence-electron chi connectivity index (χ4n) is 2.81. The molecule has 1 N–H and O–H groups in total. The highest BCUT2D eigenvalue weighted by Crippen LogP contribution is 2.12. The molecule has 0 aliphatic carbocycles. The minimum Gasteiger partial charge on any atom is -0.468 e. The predicted molar refractivity (Wildman–Crippen MR) is 93.2 cm³/mol. The summed E-state index contributed by atoms with van der Waals surface area (Å²) in [7, 11) is 0. The molecule has 4 nitrogen and oxygen atoms in total. The molecule has 0 aliphatic rings. The minimum absolute atomic E-state index is 0.431. The standard InChI is InChI=1S/C20H22N2O2/c23-19(12-17-6-2-1-3-7-17)15-22(16-20-9-5-11-24-20)14-18-8-4-10-21-13-18/h1-11,13,19,23H,12,14-16H2. The van der Waals surface area contributed by atoms with E-state index in [1.54, 1.807) is 12.5 Å². The lowest BCUT2D eigenvalue weighted by atomic mass is 10.1. The highest BCUT2D eigenvalue weighted by Gasteiger charge is 2.15. The summed E-state index contributed by atoms with van der Waals surface area (Å²) in [6.45, 7) is 1.96. The van der Waals surface area contributed by atoms with Crippen LogP contribution < -0.4 is 0 Å². The van der Waals surface area contributed by atoms with Gasteiger partial charge in [0.2, 0.25) is 0 Å². The maximum Gasteiger partial charge on any atom is 0.117 e. The fourth-order valence-corrected chi connectivity index (χ4v) is 2.81. The first-order valence-electron chi connectivity index (χ1n) is 8.15. The second-order valence-corrected chi connectivity index (χ2v) is 5.95. The number of benzene rings is 1. The Morgan fingerprint density at radius 1 is 0.958 bits per heavy atom. The molecular weight excluding hydrogens is 300 g/mol. The molecule has 2 aromatic heterocycles. The highest BCUT2D eigenvalue weighted by atomic mass is 16.3. The molecule has 1 atom stereocenters. The van der Waals surface area contributed by atoms with E-state index in [1.165, 1.54) is 0 Å². The molecule has 0 aliphatic heterocycles. The molecule has 0 spiro atoms. The van der Waals surface area contributed by atoms with Crippen LogP contribution in [0.25, 0.3) is 0 Å². The third-order valence-electron chi connectivity index (χ3n) is 3.87. The molecule has 0 bridgehead atoms. The Labute approximate surface area is 142 Å². The number of hydrogen-bond donors (Lipinski definition) is 1. The Hall–Kier alpha value is -2.43. The van der Waals surface area contributed by atoms with Crippen molar-refractivity contribution >= 4 is 0 Å². The quantitative estimate of drug-likeness (QED) is 0.691. The number of aliphatic hydroxyl groups excluding tert-OH is 1. The van der Waals surface area contributed by atoms with Gasteiger partial charge in [0.15, 0.2) is 0 Å². The molecule has 0 saturated carbocycles. The summed E-state index contributed by atoms with van der Waals surface area (Å²) in [4.78, 5) is 6.35. The van der Waals surface area contributed by atoms with Crippen LogP contribution in [-0.2, 0) is 19.5 Å². The van der Waals surface area contributed by atoms with E-state index in [2.05, 4.69) is 9.88 Å². The van der Waals surface area contributed by atoms with Gasteiger partial charge in [-0.25, -0.2) is 0 Å². The fraction of sp³-hybridized carbons (Fsp3) is 0.250. The van der Waals surface area contributed by atoms with Crippen LogP contribution in [0.1, 0.15) is 16.9 Å². The molecule has 2 heterocycles. The lowest BCUT2D eigenvalue weighted by molar-refractivity contribution is 0.100. The number of pyridine rings is 1. The van der Waals surface area contributed by atoms with E-state index in [-0.39, 0.29) is 0 Å². The summed E-state index contributed by atoms with van der Waals surface area (Å²) in [5.41, 5.74) is 2.26.